The first-order valence-corrected chi connectivity index (χ1v) is 5.44. The van der Waals surface area contributed by atoms with E-state index in [2.05, 4.69) is 15.3 Å². The first kappa shape index (κ1) is 11.0. The molecule has 0 radical (unpaired) electrons. The van der Waals surface area contributed by atoms with E-state index in [-0.39, 0.29) is 0 Å². The SMILES string of the molecule is CC(NCC1CC1)(C(N)=O)c1cnccn1. The fourth-order valence-electron chi connectivity index (χ4n) is 1.53. The zero-order valence-electron chi connectivity index (χ0n) is 9.31. The number of aromatic nitrogens is 2. The van der Waals surface area contributed by atoms with Crippen LogP contribution in [0.2, 0.25) is 0 Å². The number of primary amides is 1. The van der Waals surface area contributed by atoms with Crippen molar-refractivity contribution in [3.63, 3.8) is 0 Å². The largest absolute Gasteiger partial charge is 0.368 e. The molecule has 16 heavy (non-hydrogen) atoms. The maximum atomic E-state index is 11.5. The zero-order chi connectivity index (χ0) is 11.6. The van der Waals surface area contributed by atoms with Crippen LogP contribution in [0.3, 0.4) is 0 Å². The number of nitrogens with one attached hydrogen (secondary N) is 1. The first-order chi connectivity index (χ1) is 7.63. The van der Waals surface area contributed by atoms with Gasteiger partial charge in [0.25, 0.3) is 0 Å². The molecule has 1 saturated carbocycles. The molecule has 1 aromatic rings. The minimum absolute atomic E-state index is 0.423. The average Bonchev–Trinajstić information content (AvgIpc) is 3.10. The van der Waals surface area contributed by atoms with Gasteiger partial charge in [-0.2, -0.15) is 0 Å². The van der Waals surface area contributed by atoms with Gasteiger partial charge in [0.05, 0.1) is 11.9 Å². The summed E-state index contributed by atoms with van der Waals surface area (Å²) in [6.07, 6.45) is 7.16. The Kier molecular flexibility index (Phi) is 2.87. The number of hydrogen-bond donors (Lipinski definition) is 2. The smallest absolute Gasteiger partial charge is 0.243 e. The number of hydrogen-bond acceptors (Lipinski definition) is 4. The van der Waals surface area contributed by atoms with Gasteiger partial charge in [-0.1, -0.05) is 0 Å². The molecule has 1 atom stereocenters. The highest BCUT2D eigenvalue weighted by atomic mass is 16.1. The van der Waals surface area contributed by atoms with Gasteiger partial charge in [-0.05, 0) is 32.2 Å². The Hall–Kier alpha value is -1.49. The average molecular weight is 220 g/mol. The Morgan fingerprint density at radius 3 is 2.88 bits per heavy atom. The van der Waals surface area contributed by atoms with E-state index in [0.717, 1.165) is 6.54 Å². The lowest BCUT2D eigenvalue weighted by atomic mass is 9.97. The molecule has 2 rings (SSSR count). The second-order valence-electron chi connectivity index (χ2n) is 4.40. The minimum Gasteiger partial charge on any atom is -0.368 e. The van der Waals surface area contributed by atoms with E-state index in [9.17, 15) is 4.79 Å². The molecule has 0 aliphatic heterocycles. The second kappa shape index (κ2) is 4.17. The van der Waals surface area contributed by atoms with Gasteiger partial charge in [0.1, 0.15) is 5.54 Å². The summed E-state index contributed by atoms with van der Waals surface area (Å²) in [4.78, 5) is 19.7. The van der Waals surface area contributed by atoms with Crippen LogP contribution in [0.4, 0.5) is 0 Å². The molecule has 0 saturated heterocycles. The second-order valence-corrected chi connectivity index (χ2v) is 4.40. The summed E-state index contributed by atoms with van der Waals surface area (Å²) in [6, 6.07) is 0. The minimum atomic E-state index is -0.920. The lowest BCUT2D eigenvalue weighted by Crippen LogP contribution is -2.51. The molecule has 86 valence electrons. The quantitative estimate of drug-likeness (QED) is 0.741. The van der Waals surface area contributed by atoms with Crippen LogP contribution in [0.25, 0.3) is 0 Å². The third-order valence-corrected chi connectivity index (χ3v) is 3.01. The molecule has 1 heterocycles. The van der Waals surface area contributed by atoms with Gasteiger partial charge in [-0.25, -0.2) is 0 Å². The van der Waals surface area contributed by atoms with Crippen molar-refractivity contribution in [1.82, 2.24) is 15.3 Å². The zero-order valence-corrected chi connectivity index (χ0v) is 9.31. The molecular weight excluding hydrogens is 204 g/mol. The molecule has 1 fully saturated rings. The van der Waals surface area contributed by atoms with Crippen LogP contribution in [0.1, 0.15) is 25.5 Å². The van der Waals surface area contributed by atoms with Crippen molar-refractivity contribution in [2.75, 3.05) is 6.54 Å². The van der Waals surface area contributed by atoms with Gasteiger partial charge in [0, 0.05) is 12.4 Å². The molecule has 1 aliphatic rings. The number of nitrogens with zero attached hydrogens (tertiary/aromatic N) is 2. The summed E-state index contributed by atoms with van der Waals surface area (Å²) < 4.78 is 0. The molecule has 1 aromatic heterocycles. The van der Waals surface area contributed by atoms with Gasteiger partial charge in [-0.15, -0.1) is 0 Å². The molecular formula is C11H16N4O. The van der Waals surface area contributed by atoms with Crippen LogP contribution in [0, 0.1) is 5.92 Å². The van der Waals surface area contributed by atoms with E-state index in [1.807, 2.05) is 0 Å². The van der Waals surface area contributed by atoms with Crippen molar-refractivity contribution < 1.29 is 4.79 Å². The summed E-state index contributed by atoms with van der Waals surface area (Å²) in [6.45, 7) is 2.55. The normalized spacial score (nSPS) is 19.1. The van der Waals surface area contributed by atoms with Crippen LogP contribution in [-0.4, -0.2) is 22.4 Å². The van der Waals surface area contributed by atoms with E-state index < -0.39 is 11.4 Å². The van der Waals surface area contributed by atoms with Crippen molar-refractivity contribution in [2.24, 2.45) is 11.7 Å². The van der Waals surface area contributed by atoms with E-state index in [4.69, 9.17) is 5.73 Å². The van der Waals surface area contributed by atoms with E-state index in [0.29, 0.717) is 11.6 Å². The highest BCUT2D eigenvalue weighted by molar-refractivity contribution is 5.85. The summed E-state index contributed by atoms with van der Waals surface area (Å²) in [5.41, 5.74) is 5.09. The molecule has 0 bridgehead atoms. The summed E-state index contributed by atoms with van der Waals surface area (Å²) in [7, 11) is 0. The topological polar surface area (TPSA) is 80.9 Å². The van der Waals surface area contributed by atoms with Crippen LogP contribution in [-0.2, 0) is 10.3 Å². The van der Waals surface area contributed by atoms with Gasteiger partial charge in [0.2, 0.25) is 5.91 Å². The summed E-state index contributed by atoms with van der Waals surface area (Å²) >= 11 is 0. The van der Waals surface area contributed by atoms with Gasteiger partial charge in [-0.3, -0.25) is 20.1 Å². The lowest BCUT2D eigenvalue weighted by Gasteiger charge is -2.26. The number of carbonyl (C=O) groups excluding carboxylic acids is 1. The summed E-state index contributed by atoms with van der Waals surface area (Å²) in [5.74, 6) is 0.254. The first-order valence-electron chi connectivity index (χ1n) is 5.44. The Labute approximate surface area is 94.5 Å². The molecule has 5 heteroatoms. The fourth-order valence-corrected chi connectivity index (χ4v) is 1.53. The fraction of sp³-hybridized carbons (Fsp3) is 0.545. The summed E-state index contributed by atoms with van der Waals surface area (Å²) in [5, 5.41) is 3.20. The Balaban J connectivity index is 2.16. The maximum absolute atomic E-state index is 11.5. The predicted molar refractivity (Wildman–Crippen MR) is 59.3 cm³/mol. The van der Waals surface area contributed by atoms with Gasteiger partial charge < -0.3 is 5.73 Å². The number of nitrogens with two attached hydrogens (primary N) is 1. The van der Waals surface area contributed by atoms with Crippen LogP contribution in [0.15, 0.2) is 18.6 Å². The molecule has 0 aromatic carbocycles. The van der Waals surface area contributed by atoms with Crippen molar-refractivity contribution in [3.8, 4) is 0 Å². The van der Waals surface area contributed by atoms with E-state index in [1.54, 1.807) is 25.5 Å². The third-order valence-electron chi connectivity index (χ3n) is 3.01. The molecule has 3 N–H and O–H groups in total. The molecule has 1 unspecified atom stereocenters. The molecule has 0 spiro atoms. The van der Waals surface area contributed by atoms with E-state index >= 15 is 0 Å². The number of amides is 1. The lowest BCUT2D eigenvalue weighted by molar-refractivity contribution is -0.124. The maximum Gasteiger partial charge on any atom is 0.243 e. The predicted octanol–water partition coefficient (Wildman–Crippen LogP) is 0.177. The Morgan fingerprint density at radius 2 is 2.38 bits per heavy atom. The van der Waals surface area contributed by atoms with Crippen molar-refractivity contribution in [1.29, 1.82) is 0 Å². The van der Waals surface area contributed by atoms with Crippen molar-refractivity contribution in [2.45, 2.75) is 25.3 Å². The monoisotopic (exact) mass is 220 g/mol. The van der Waals surface area contributed by atoms with E-state index in [1.165, 1.54) is 12.8 Å². The Bertz CT molecular complexity index is 377. The Morgan fingerprint density at radius 1 is 1.62 bits per heavy atom. The number of carbonyl (C=O) groups is 1. The molecule has 1 amide bonds. The third kappa shape index (κ3) is 2.19. The van der Waals surface area contributed by atoms with Gasteiger partial charge in [0.15, 0.2) is 0 Å². The van der Waals surface area contributed by atoms with Crippen molar-refractivity contribution >= 4 is 5.91 Å². The van der Waals surface area contributed by atoms with Crippen LogP contribution >= 0.6 is 0 Å². The van der Waals surface area contributed by atoms with Crippen LogP contribution < -0.4 is 11.1 Å². The van der Waals surface area contributed by atoms with Crippen LogP contribution in [0.5, 0.6) is 0 Å². The highest BCUT2D eigenvalue weighted by Gasteiger charge is 2.36. The van der Waals surface area contributed by atoms with Gasteiger partial charge >= 0.3 is 0 Å². The van der Waals surface area contributed by atoms with Crippen molar-refractivity contribution in [3.05, 3.63) is 24.3 Å². The standard InChI is InChI=1S/C11H16N4O/c1-11(10(12)16,15-6-8-2-3-8)9-7-13-4-5-14-9/h4-5,7-8,15H,2-3,6H2,1H3,(H2,12,16). The molecule has 1 aliphatic carbocycles. The number of rotatable bonds is 5. The highest BCUT2D eigenvalue weighted by Crippen LogP contribution is 2.29. The molecule has 5 nitrogen and oxygen atoms in total.